The third-order valence-electron chi connectivity index (χ3n) is 15.9. The number of carbonyl (C=O) groups excluding carboxylic acids is 4. The van der Waals surface area contributed by atoms with Crippen LogP contribution in [0.25, 0.3) is 11.0 Å². The fourth-order valence-corrected chi connectivity index (χ4v) is 12.1. The van der Waals surface area contributed by atoms with Gasteiger partial charge in [-0.25, -0.2) is 9.97 Å². The minimum Gasteiger partial charge on any atom is -0.385 e. The molecule has 65 heavy (non-hydrogen) atoms. The molecule has 10 rings (SSSR count). The zero-order chi connectivity index (χ0) is 45.0. The summed E-state index contributed by atoms with van der Waals surface area (Å²) in [6, 6.07) is 9.79. The third-order valence-corrected chi connectivity index (χ3v) is 15.9. The summed E-state index contributed by atoms with van der Waals surface area (Å²) >= 11 is 0. The quantitative estimate of drug-likeness (QED) is 0.124. The van der Waals surface area contributed by atoms with Crippen LogP contribution in [0.5, 0.6) is 0 Å². The summed E-state index contributed by atoms with van der Waals surface area (Å²) in [5, 5.41) is 18.2. The fourth-order valence-electron chi connectivity index (χ4n) is 12.1. The van der Waals surface area contributed by atoms with E-state index in [1.54, 1.807) is 28.7 Å². The van der Waals surface area contributed by atoms with Crippen molar-refractivity contribution < 1.29 is 24.3 Å². The van der Waals surface area contributed by atoms with Gasteiger partial charge in [0.15, 0.2) is 5.78 Å². The van der Waals surface area contributed by atoms with Gasteiger partial charge in [-0.1, -0.05) is 31.0 Å². The van der Waals surface area contributed by atoms with Crippen molar-refractivity contribution in [2.75, 3.05) is 38.0 Å². The summed E-state index contributed by atoms with van der Waals surface area (Å²) < 4.78 is 1.73. The van der Waals surface area contributed by atoms with Crippen molar-refractivity contribution in [1.82, 2.24) is 39.5 Å². The average molecular weight is 884 g/mol. The molecule has 3 amide bonds. The van der Waals surface area contributed by atoms with Crippen molar-refractivity contribution in [3.05, 3.63) is 86.5 Å². The number of ketones is 1. The first-order valence-corrected chi connectivity index (χ1v) is 24.0. The van der Waals surface area contributed by atoms with Gasteiger partial charge in [0.25, 0.3) is 11.5 Å². The Labute approximate surface area is 379 Å². The summed E-state index contributed by atoms with van der Waals surface area (Å²) in [4.78, 5) is 84.5. The van der Waals surface area contributed by atoms with Crippen LogP contribution >= 0.6 is 0 Å². The number of aryl methyl sites for hydroxylation is 1. The molecule has 3 saturated heterocycles. The number of aliphatic hydroxyl groups is 1. The highest BCUT2D eigenvalue weighted by atomic mass is 16.3. The molecule has 6 aliphatic rings. The first kappa shape index (κ1) is 43.5. The molecule has 2 saturated carbocycles. The third kappa shape index (κ3) is 8.51. The number of nitrogens with one attached hydrogen (secondary N) is 2. The largest absolute Gasteiger partial charge is 0.385 e. The molecule has 3 N–H and O–H groups in total. The lowest BCUT2D eigenvalue weighted by Gasteiger charge is -2.43. The number of nitrogens with zero attached hydrogens (tertiary/aromatic N) is 7. The molecule has 4 aliphatic heterocycles. The van der Waals surface area contributed by atoms with E-state index in [4.69, 9.17) is 9.97 Å². The number of anilines is 2. The van der Waals surface area contributed by atoms with Gasteiger partial charge in [0.2, 0.25) is 17.8 Å². The van der Waals surface area contributed by atoms with E-state index in [2.05, 4.69) is 31.5 Å². The van der Waals surface area contributed by atoms with Crippen LogP contribution in [0.4, 0.5) is 11.8 Å². The molecule has 4 aromatic rings. The number of Topliss-reactive ketones (excluding diaryl/α,β-unsaturated/α-hetero) is 1. The Hall–Kier alpha value is -5.38. The summed E-state index contributed by atoms with van der Waals surface area (Å²) in [5.74, 6) is 1.01. The number of aromatic nitrogens is 4. The van der Waals surface area contributed by atoms with Crippen LogP contribution in [0, 0.1) is 12.8 Å². The first-order chi connectivity index (χ1) is 31.4. The van der Waals surface area contributed by atoms with Crippen molar-refractivity contribution >= 4 is 46.3 Å². The summed E-state index contributed by atoms with van der Waals surface area (Å²) in [6.45, 7) is 8.48. The number of fused-ring (bicyclic) bond motifs is 2. The molecule has 1 aromatic carbocycles. The van der Waals surface area contributed by atoms with E-state index in [9.17, 15) is 29.1 Å². The summed E-state index contributed by atoms with van der Waals surface area (Å²) in [5.41, 5.74) is 3.70. The highest BCUT2D eigenvalue weighted by Crippen LogP contribution is 2.39. The number of benzene rings is 1. The van der Waals surface area contributed by atoms with Crippen LogP contribution in [0.3, 0.4) is 0 Å². The maximum atomic E-state index is 13.6. The second-order valence-electron chi connectivity index (χ2n) is 19.8. The number of piperidine rings is 3. The number of carbonyl (C=O) groups is 4. The molecular weight excluding hydrogens is 823 g/mol. The molecule has 3 aromatic heterocycles. The number of imide groups is 1. The van der Waals surface area contributed by atoms with Crippen LogP contribution in [0.2, 0.25) is 0 Å². The Morgan fingerprint density at radius 1 is 0.877 bits per heavy atom. The van der Waals surface area contributed by atoms with Crippen LogP contribution in [-0.4, -0.2) is 108 Å². The van der Waals surface area contributed by atoms with Gasteiger partial charge in [-0.05, 0) is 144 Å². The van der Waals surface area contributed by atoms with Crippen LogP contribution in [0.15, 0.2) is 47.5 Å². The van der Waals surface area contributed by atoms with Crippen LogP contribution < -0.4 is 16.2 Å². The van der Waals surface area contributed by atoms with E-state index in [0.29, 0.717) is 72.2 Å². The number of hydrogen-bond acceptors (Lipinski definition) is 12. The molecule has 15 nitrogen and oxygen atoms in total. The van der Waals surface area contributed by atoms with E-state index in [-0.39, 0.29) is 41.2 Å². The topological polar surface area (TPSA) is 183 Å². The SMILES string of the molecule is CC(=O)c1c(C)c2cnc(Nc3ccc(C4CCN(C5CCC(CN6CCC(O)(c7ccc8c(c7)CN(C7CCC(=O)NC7=O)C8=O)CC6)CC5)CC4)cn3)nc2n(C2CCCC2)c1=O. The van der Waals surface area contributed by atoms with Gasteiger partial charge in [0.05, 0.1) is 11.2 Å². The minimum atomic E-state index is -0.950. The predicted octanol–water partition coefficient (Wildman–Crippen LogP) is 6.04. The zero-order valence-corrected chi connectivity index (χ0v) is 37.7. The molecule has 342 valence electrons. The van der Waals surface area contributed by atoms with Gasteiger partial charge in [0.1, 0.15) is 17.5 Å². The first-order valence-electron chi connectivity index (χ1n) is 24.0. The monoisotopic (exact) mass is 883 g/mol. The average Bonchev–Trinajstić information content (AvgIpc) is 3.95. The van der Waals surface area contributed by atoms with E-state index >= 15 is 0 Å². The van der Waals surface area contributed by atoms with Gasteiger partial charge in [-0.15, -0.1) is 0 Å². The fraction of sp³-hybridized carbons (Fsp3) is 0.560. The number of hydrogen-bond donors (Lipinski definition) is 3. The Morgan fingerprint density at radius 2 is 1.63 bits per heavy atom. The number of rotatable bonds is 10. The summed E-state index contributed by atoms with van der Waals surface area (Å²) in [6.07, 6.45) is 16.5. The predicted molar refractivity (Wildman–Crippen MR) is 245 cm³/mol. The van der Waals surface area contributed by atoms with Crippen molar-refractivity contribution in [3.63, 3.8) is 0 Å². The van der Waals surface area contributed by atoms with E-state index in [1.807, 2.05) is 24.4 Å². The second-order valence-corrected chi connectivity index (χ2v) is 19.8. The van der Waals surface area contributed by atoms with E-state index in [1.165, 1.54) is 38.2 Å². The maximum absolute atomic E-state index is 13.6. The Morgan fingerprint density at radius 3 is 2.32 bits per heavy atom. The van der Waals surface area contributed by atoms with Gasteiger partial charge in [-0.3, -0.25) is 33.9 Å². The molecule has 2 aliphatic carbocycles. The van der Waals surface area contributed by atoms with Gasteiger partial charge in [-0.2, -0.15) is 4.98 Å². The highest BCUT2D eigenvalue weighted by molar-refractivity contribution is 6.05. The Balaban J connectivity index is 0.680. The van der Waals surface area contributed by atoms with Crippen LogP contribution in [0.1, 0.15) is 152 Å². The lowest BCUT2D eigenvalue weighted by molar-refractivity contribution is -0.136. The summed E-state index contributed by atoms with van der Waals surface area (Å²) in [7, 11) is 0. The zero-order valence-electron chi connectivity index (χ0n) is 37.7. The second kappa shape index (κ2) is 17.8. The molecule has 0 radical (unpaired) electrons. The Bertz CT molecular complexity index is 2560. The molecular formula is C50H61N9O6. The molecule has 0 bridgehead atoms. The number of likely N-dealkylation sites (tertiary alicyclic amines) is 2. The molecule has 15 heteroatoms. The molecule has 7 heterocycles. The normalized spacial score (nSPS) is 24.7. The van der Waals surface area contributed by atoms with Crippen molar-refractivity contribution in [2.24, 2.45) is 5.92 Å². The minimum absolute atomic E-state index is 0.0214. The van der Waals surface area contributed by atoms with Gasteiger partial charge < -0.3 is 25.1 Å². The van der Waals surface area contributed by atoms with Crippen molar-refractivity contribution in [1.29, 1.82) is 0 Å². The maximum Gasteiger partial charge on any atom is 0.263 e. The van der Waals surface area contributed by atoms with Crippen LogP contribution in [-0.2, 0) is 21.7 Å². The lowest BCUT2D eigenvalue weighted by Crippen LogP contribution is -2.52. The van der Waals surface area contributed by atoms with Gasteiger partial charge in [0, 0.05) is 68.0 Å². The Kier molecular flexibility index (Phi) is 11.9. The number of amides is 3. The molecule has 5 fully saturated rings. The van der Waals surface area contributed by atoms with E-state index < -0.39 is 17.6 Å². The molecule has 0 spiro atoms. The standard InChI is InChI=1S/C50H61N9O6/c1-30-40-27-52-49(55-45(40)59(38-5-3-4-6-38)48(64)44(30)31(2)60)53-42-15-9-34(26-51-42)33-17-21-57(22-18-33)37-11-7-32(8-12-37)28-56-23-19-50(65,20-24-56)36-10-13-39-35(25-36)29-58(47(39)63)41-14-16-43(61)54-46(41)62/h9-10,13,15,25-27,32-33,37-38,41,65H,3-8,11-12,14,16-24,28-29H2,1-2H3,(H,54,61,62)(H,51,52,53,55). The highest BCUT2D eigenvalue weighted by Gasteiger charge is 2.41. The number of pyridine rings is 2. The lowest BCUT2D eigenvalue weighted by atomic mass is 9.81. The van der Waals surface area contributed by atoms with Crippen molar-refractivity contribution in [3.8, 4) is 0 Å². The molecule has 1 unspecified atom stereocenters. The smallest absolute Gasteiger partial charge is 0.263 e. The molecule has 1 atom stereocenters. The van der Waals surface area contributed by atoms with Gasteiger partial charge >= 0.3 is 0 Å². The van der Waals surface area contributed by atoms with Crippen molar-refractivity contribution in [2.45, 2.75) is 140 Å². The van der Waals surface area contributed by atoms with E-state index in [0.717, 1.165) is 87.8 Å².